The Labute approximate surface area is 94.4 Å². The minimum Gasteiger partial charge on any atom is -0.481 e. The van der Waals surface area contributed by atoms with Crippen molar-refractivity contribution in [2.45, 2.75) is 25.8 Å². The lowest BCUT2D eigenvalue weighted by Crippen LogP contribution is -2.43. The van der Waals surface area contributed by atoms with Gasteiger partial charge in [-0.25, -0.2) is 0 Å². The first-order chi connectivity index (χ1) is 7.89. The fourth-order valence-electron chi connectivity index (χ4n) is 1.18. The summed E-state index contributed by atoms with van der Waals surface area (Å²) in [5.41, 5.74) is 0. The number of rotatable bonds is 6. The molecule has 5 heteroatoms. The number of carbonyl (C=O) groups is 2. The Kier molecular flexibility index (Phi) is 3.48. The second-order valence-corrected chi connectivity index (χ2v) is 4.36. The number of esters is 1. The van der Waals surface area contributed by atoms with Gasteiger partial charge in [-0.15, -0.1) is 0 Å². The summed E-state index contributed by atoms with van der Waals surface area (Å²) < 4.78 is 26.2. The summed E-state index contributed by atoms with van der Waals surface area (Å²) in [5.74, 6) is -1.98. The topological polar surface area (TPSA) is 63.6 Å². The second-order valence-electron chi connectivity index (χ2n) is 4.36. The van der Waals surface area contributed by atoms with Crippen molar-refractivity contribution >= 4 is 11.9 Å². The molecule has 1 atom stereocenters. The molecule has 0 aromatic carbocycles. The van der Waals surface area contributed by atoms with Crippen LogP contribution in [0.15, 0.2) is 0 Å². The van der Waals surface area contributed by atoms with Gasteiger partial charge in [0.15, 0.2) is 6.10 Å². The first kappa shape index (κ1) is 9.15. The van der Waals surface area contributed by atoms with Gasteiger partial charge in [-0.1, -0.05) is 6.85 Å². The zero-order valence-electron chi connectivity index (χ0n) is 12.3. The maximum absolute atomic E-state index is 11.4. The second kappa shape index (κ2) is 5.70. The Hall–Kier alpha value is -1.10. The molecule has 0 aromatic rings. The SMILES string of the molecule is [2H]C([2H])([2H])CC(=O)O[C@H](CC(=O)O)C[N+](C)(C)C. The third kappa shape index (κ3) is 7.93. The zero-order chi connectivity index (χ0) is 14.6. The Morgan fingerprint density at radius 1 is 1.47 bits per heavy atom. The monoisotopic (exact) mass is 221 g/mol. The number of aliphatic carboxylic acids is 1. The summed E-state index contributed by atoms with van der Waals surface area (Å²) in [6.07, 6.45) is -1.86. The molecular formula is C10H20NO4+. The van der Waals surface area contributed by atoms with Crippen LogP contribution in [0.25, 0.3) is 0 Å². The summed E-state index contributed by atoms with van der Waals surface area (Å²) in [6, 6.07) is 0. The molecule has 15 heavy (non-hydrogen) atoms. The van der Waals surface area contributed by atoms with Crippen LogP contribution in [0, 0.1) is 0 Å². The van der Waals surface area contributed by atoms with E-state index < -0.39 is 31.3 Å². The standard InChI is InChI=1S/C10H19NO4/c1-5-10(14)15-8(6-9(12)13)7-11(2,3)4/h8H,5-7H2,1-4H3/p+1/t8-/m1/s1/i1D3. The Bertz CT molecular complexity index is 309. The molecule has 0 aliphatic carbocycles. The smallest absolute Gasteiger partial charge is 0.307 e. The Morgan fingerprint density at radius 2 is 2.07 bits per heavy atom. The molecule has 0 fully saturated rings. The molecule has 0 amide bonds. The third-order valence-corrected chi connectivity index (χ3v) is 1.60. The number of hydrogen-bond acceptors (Lipinski definition) is 3. The van der Waals surface area contributed by atoms with E-state index in [1.165, 1.54) is 0 Å². The molecular weight excluding hydrogens is 198 g/mol. The van der Waals surface area contributed by atoms with Crippen molar-refractivity contribution in [1.82, 2.24) is 0 Å². The quantitative estimate of drug-likeness (QED) is 0.523. The predicted octanol–water partition coefficient (Wildman–Crippen LogP) is 0.489. The number of quaternary nitrogens is 1. The van der Waals surface area contributed by atoms with Crippen molar-refractivity contribution in [1.29, 1.82) is 0 Å². The van der Waals surface area contributed by atoms with E-state index in [1.54, 1.807) is 0 Å². The van der Waals surface area contributed by atoms with E-state index >= 15 is 0 Å². The van der Waals surface area contributed by atoms with Gasteiger partial charge in [0.2, 0.25) is 0 Å². The summed E-state index contributed by atoms with van der Waals surface area (Å²) >= 11 is 0. The first-order valence-corrected chi connectivity index (χ1v) is 4.61. The van der Waals surface area contributed by atoms with E-state index in [4.69, 9.17) is 14.0 Å². The average Bonchev–Trinajstić information content (AvgIpc) is 1.92. The molecule has 0 aliphatic rings. The number of ether oxygens (including phenoxy) is 1. The maximum Gasteiger partial charge on any atom is 0.307 e. The minimum absolute atomic E-state index is 0.305. The normalized spacial score (nSPS) is 17.1. The third-order valence-electron chi connectivity index (χ3n) is 1.60. The van der Waals surface area contributed by atoms with Crippen molar-refractivity contribution < 1.29 is 28.0 Å². The van der Waals surface area contributed by atoms with E-state index in [2.05, 4.69) is 0 Å². The first-order valence-electron chi connectivity index (χ1n) is 6.11. The molecule has 5 nitrogen and oxygen atoms in total. The van der Waals surface area contributed by atoms with Crippen molar-refractivity contribution in [2.75, 3.05) is 27.7 Å². The summed E-state index contributed by atoms with van der Waals surface area (Å²) in [6.45, 7) is -2.10. The molecule has 0 heterocycles. The van der Waals surface area contributed by atoms with E-state index in [0.29, 0.717) is 11.0 Å². The highest BCUT2D eigenvalue weighted by molar-refractivity contribution is 5.71. The molecule has 1 N–H and O–H groups in total. The van der Waals surface area contributed by atoms with E-state index in [1.807, 2.05) is 21.1 Å². The number of hydrogen-bond donors (Lipinski definition) is 1. The maximum atomic E-state index is 11.4. The van der Waals surface area contributed by atoms with Gasteiger partial charge in [-0.3, -0.25) is 9.59 Å². The minimum atomic E-state index is -2.40. The van der Waals surface area contributed by atoms with Gasteiger partial charge in [0.1, 0.15) is 6.54 Å². The zero-order valence-corrected chi connectivity index (χ0v) is 9.32. The molecule has 0 rings (SSSR count). The molecule has 0 aliphatic heterocycles. The van der Waals surface area contributed by atoms with Gasteiger partial charge < -0.3 is 14.3 Å². The van der Waals surface area contributed by atoms with Crippen LogP contribution in [0.4, 0.5) is 0 Å². The molecule has 0 unspecified atom stereocenters. The lowest BCUT2D eigenvalue weighted by Gasteiger charge is -2.28. The number of likely N-dealkylation sites (N-methyl/N-ethyl adjacent to an activating group) is 1. The van der Waals surface area contributed by atoms with Gasteiger partial charge >= 0.3 is 11.9 Å². The number of carbonyl (C=O) groups excluding carboxylic acids is 1. The van der Waals surface area contributed by atoms with Crippen molar-refractivity contribution in [2.24, 2.45) is 0 Å². The van der Waals surface area contributed by atoms with Crippen LogP contribution in [0.3, 0.4) is 0 Å². The average molecular weight is 221 g/mol. The summed E-state index contributed by atoms with van der Waals surface area (Å²) in [7, 11) is 5.48. The van der Waals surface area contributed by atoms with Crippen LogP contribution in [-0.4, -0.2) is 55.3 Å². The largest absolute Gasteiger partial charge is 0.481 e. The number of carboxylic acids is 1. The van der Waals surface area contributed by atoms with Crippen LogP contribution in [-0.2, 0) is 14.3 Å². The highest BCUT2D eigenvalue weighted by atomic mass is 16.5. The van der Waals surface area contributed by atoms with E-state index in [9.17, 15) is 9.59 Å². The molecule has 0 saturated carbocycles. The van der Waals surface area contributed by atoms with Crippen molar-refractivity contribution in [3.63, 3.8) is 0 Å². The number of nitrogens with zero attached hydrogens (tertiary/aromatic N) is 1. The van der Waals surface area contributed by atoms with Gasteiger partial charge in [-0.05, 0) is 0 Å². The summed E-state index contributed by atoms with van der Waals surface area (Å²) in [4.78, 5) is 22.0. The van der Waals surface area contributed by atoms with E-state index in [-0.39, 0.29) is 6.42 Å². The number of carboxylic acid groups (broad SMARTS) is 1. The molecule has 0 spiro atoms. The molecule has 0 saturated heterocycles. The van der Waals surface area contributed by atoms with E-state index in [0.717, 1.165) is 0 Å². The van der Waals surface area contributed by atoms with Crippen LogP contribution in [0.5, 0.6) is 0 Å². The van der Waals surface area contributed by atoms with Crippen molar-refractivity contribution in [3.05, 3.63) is 0 Å². The lowest BCUT2D eigenvalue weighted by molar-refractivity contribution is -0.873. The van der Waals surface area contributed by atoms with Crippen LogP contribution >= 0.6 is 0 Å². The lowest BCUT2D eigenvalue weighted by atomic mass is 10.2. The Balaban J connectivity index is 4.50. The van der Waals surface area contributed by atoms with Crippen LogP contribution < -0.4 is 0 Å². The fourth-order valence-corrected chi connectivity index (χ4v) is 1.18. The molecule has 0 bridgehead atoms. The van der Waals surface area contributed by atoms with Gasteiger partial charge in [-0.2, -0.15) is 0 Å². The fraction of sp³-hybridized carbons (Fsp3) is 0.800. The highest BCUT2D eigenvalue weighted by Gasteiger charge is 2.23. The predicted molar refractivity (Wildman–Crippen MR) is 55.3 cm³/mol. The summed E-state index contributed by atoms with van der Waals surface area (Å²) in [5, 5.41) is 8.72. The highest BCUT2D eigenvalue weighted by Crippen LogP contribution is 2.06. The van der Waals surface area contributed by atoms with Gasteiger partial charge in [0.05, 0.1) is 27.6 Å². The van der Waals surface area contributed by atoms with Gasteiger partial charge in [0.25, 0.3) is 0 Å². The Morgan fingerprint density at radius 3 is 2.47 bits per heavy atom. The van der Waals surface area contributed by atoms with Crippen molar-refractivity contribution in [3.8, 4) is 0 Å². The van der Waals surface area contributed by atoms with Gasteiger partial charge in [0, 0.05) is 10.5 Å². The van der Waals surface area contributed by atoms with Crippen LogP contribution in [0.1, 0.15) is 23.8 Å². The molecule has 0 radical (unpaired) electrons. The molecule has 0 aromatic heterocycles. The van der Waals surface area contributed by atoms with Crippen LogP contribution in [0.2, 0.25) is 0 Å². The molecule has 88 valence electrons.